The maximum Gasteiger partial charge on any atom is 0.416 e. The lowest BCUT2D eigenvalue weighted by atomic mass is 9.97. The van der Waals surface area contributed by atoms with Crippen molar-refractivity contribution in [2.45, 2.75) is 30.9 Å². The van der Waals surface area contributed by atoms with Crippen LogP contribution in [0.2, 0.25) is 0 Å². The highest BCUT2D eigenvalue weighted by Crippen LogP contribution is 2.46. The molecule has 18 heteroatoms. The molecule has 3 nitrogen and oxygen atoms in total. The van der Waals surface area contributed by atoms with Crippen molar-refractivity contribution in [3.8, 4) is 28.6 Å². The summed E-state index contributed by atoms with van der Waals surface area (Å²) in [4.78, 5) is 0. The summed E-state index contributed by atoms with van der Waals surface area (Å²) in [6, 6.07) is 16.2. The molecule has 0 aliphatic carbocycles. The van der Waals surface area contributed by atoms with Crippen LogP contribution in [0, 0.1) is 11.3 Å². The molecule has 0 saturated carbocycles. The third-order valence-corrected chi connectivity index (χ3v) is 10.1. The Kier molecular flexibility index (Phi) is 8.82. The second-order valence-electron chi connectivity index (χ2n) is 13.7. The van der Waals surface area contributed by atoms with Crippen LogP contribution in [0.5, 0.6) is 0 Å². The molecule has 0 aliphatic heterocycles. The second-order valence-corrected chi connectivity index (χ2v) is 13.7. The summed E-state index contributed by atoms with van der Waals surface area (Å²) in [5.74, 6) is 0. The van der Waals surface area contributed by atoms with Crippen LogP contribution in [-0.2, 0) is 30.9 Å². The van der Waals surface area contributed by atoms with E-state index in [1.165, 1.54) is 22.8 Å². The monoisotopic (exact) mass is 849 g/mol. The van der Waals surface area contributed by atoms with Crippen molar-refractivity contribution in [3.63, 3.8) is 0 Å². The molecule has 0 fully saturated rings. The number of hydrogen-bond donors (Lipinski definition) is 0. The molecular formula is C42H18F15N3. The average molecular weight is 850 g/mol. The lowest BCUT2D eigenvalue weighted by molar-refractivity contribution is -0.138. The highest BCUT2D eigenvalue weighted by molar-refractivity contribution is 6.12. The average Bonchev–Trinajstić information content (AvgIpc) is 3.67. The zero-order valence-corrected chi connectivity index (χ0v) is 29.4. The van der Waals surface area contributed by atoms with Gasteiger partial charge in [0, 0.05) is 32.7 Å². The number of nitriles is 1. The van der Waals surface area contributed by atoms with Gasteiger partial charge in [0.1, 0.15) is 0 Å². The lowest BCUT2D eigenvalue weighted by Crippen LogP contribution is -2.09. The van der Waals surface area contributed by atoms with E-state index in [1.807, 2.05) is 6.07 Å². The van der Waals surface area contributed by atoms with Crippen molar-refractivity contribution in [3.05, 3.63) is 143 Å². The smallest absolute Gasteiger partial charge is 0.309 e. The quantitative estimate of drug-likeness (QED) is 0.163. The molecule has 8 aromatic rings. The summed E-state index contributed by atoms with van der Waals surface area (Å²) in [6.45, 7) is 0. The second kappa shape index (κ2) is 13.2. The van der Waals surface area contributed by atoms with Crippen molar-refractivity contribution in [2.24, 2.45) is 0 Å². The van der Waals surface area contributed by atoms with Gasteiger partial charge < -0.3 is 9.13 Å². The van der Waals surface area contributed by atoms with Crippen LogP contribution in [0.1, 0.15) is 33.4 Å². The molecule has 0 saturated heterocycles. The zero-order valence-electron chi connectivity index (χ0n) is 29.4. The number of halogens is 15. The van der Waals surface area contributed by atoms with Gasteiger partial charge >= 0.3 is 30.9 Å². The number of aromatic nitrogens is 2. The minimum Gasteiger partial charge on any atom is -0.309 e. The molecule has 0 bridgehead atoms. The fraction of sp³-hybridized carbons (Fsp3) is 0.119. The molecule has 8 rings (SSSR count). The number of nitrogens with zero attached hydrogens (tertiary/aromatic N) is 3. The Labute approximate surface area is 325 Å². The lowest BCUT2D eigenvalue weighted by Gasteiger charge is -2.20. The topological polar surface area (TPSA) is 33.6 Å². The molecule has 0 aliphatic rings. The van der Waals surface area contributed by atoms with Crippen molar-refractivity contribution in [1.29, 1.82) is 5.26 Å². The molecule has 6 aromatic carbocycles. The molecule has 2 aromatic heterocycles. The Morgan fingerprint density at radius 3 is 0.983 bits per heavy atom. The molecule has 60 heavy (non-hydrogen) atoms. The maximum absolute atomic E-state index is 14.5. The Morgan fingerprint density at radius 1 is 0.333 bits per heavy atom. The fourth-order valence-corrected chi connectivity index (χ4v) is 7.41. The van der Waals surface area contributed by atoms with Crippen LogP contribution < -0.4 is 0 Å². The minimum atomic E-state index is -5.07. The van der Waals surface area contributed by atoms with Crippen molar-refractivity contribution >= 4 is 43.6 Å². The fourth-order valence-electron chi connectivity index (χ4n) is 7.41. The maximum atomic E-state index is 14.5. The van der Waals surface area contributed by atoms with Crippen molar-refractivity contribution < 1.29 is 65.9 Å². The van der Waals surface area contributed by atoms with Crippen LogP contribution in [-0.4, -0.2) is 9.13 Å². The van der Waals surface area contributed by atoms with E-state index in [-0.39, 0.29) is 55.2 Å². The van der Waals surface area contributed by atoms with Gasteiger partial charge in [-0.1, -0.05) is 6.07 Å². The van der Waals surface area contributed by atoms with Gasteiger partial charge in [-0.05, 0) is 103 Å². The third kappa shape index (κ3) is 6.71. The Hall–Kier alpha value is -6.64. The Morgan fingerprint density at radius 2 is 0.650 bits per heavy atom. The normalized spacial score (nSPS) is 13.2. The van der Waals surface area contributed by atoms with Crippen LogP contribution in [0.3, 0.4) is 0 Å². The molecule has 0 spiro atoms. The standard InChI is InChI=1S/C42H18F15N3/c43-38(44,45)21-3-9-33-28(14-21)29-15-22(39(46,47)48)4-10-34(29)59(33)32-8-1-20(19-58)13-27(32)26-7-2-25(42(55,56)57)18-37(26)60-35-11-5-23(40(49,50)51)16-30(35)31-17-24(41(52,53)54)6-12-36(31)60/h1-18H. The van der Waals surface area contributed by atoms with Gasteiger partial charge in [0.15, 0.2) is 0 Å². The van der Waals surface area contributed by atoms with E-state index < -0.39 is 75.2 Å². The molecule has 2 heterocycles. The van der Waals surface area contributed by atoms with E-state index in [1.54, 1.807) is 0 Å². The van der Waals surface area contributed by atoms with E-state index >= 15 is 0 Å². The highest BCUT2D eigenvalue weighted by atomic mass is 19.4. The van der Waals surface area contributed by atoms with Gasteiger partial charge in [-0.2, -0.15) is 71.1 Å². The van der Waals surface area contributed by atoms with Crippen LogP contribution in [0.25, 0.3) is 66.1 Å². The summed E-state index contributed by atoms with van der Waals surface area (Å²) in [5.41, 5.74) is -8.13. The van der Waals surface area contributed by atoms with Crippen LogP contribution in [0.4, 0.5) is 65.9 Å². The SMILES string of the molecule is N#Cc1ccc(-n2c3ccc(C(F)(F)F)cc3c3cc(C(F)(F)F)ccc32)c(-c2ccc(C(F)(F)F)cc2-n2c3ccc(C(F)(F)F)cc3c3cc(C(F)(F)F)ccc32)c1. The van der Waals surface area contributed by atoms with Gasteiger partial charge in [-0.3, -0.25) is 0 Å². The van der Waals surface area contributed by atoms with Crippen molar-refractivity contribution in [2.75, 3.05) is 0 Å². The van der Waals surface area contributed by atoms with Gasteiger partial charge in [0.05, 0.1) is 72.9 Å². The van der Waals surface area contributed by atoms with Gasteiger partial charge in [-0.25, -0.2) is 0 Å². The van der Waals surface area contributed by atoms with Gasteiger partial charge in [-0.15, -0.1) is 0 Å². The summed E-state index contributed by atoms with van der Waals surface area (Å²) in [6.07, 6.45) is -25.0. The molecular weight excluding hydrogens is 831 g/mol. The first-order valence-corrected chi connectivity index (χ1v) is 17.1. The summed E-state index contributed by atoms with van der Waals surface area (Å²) < 4.78 is 213. The van der Waals surface area contributed by atoms with Gasteiger partial charge in [0.25, 0.3) is 0 Å². The predicted molar refractivity (Wildman–Crippen MR) is 190 cm³/mol. The first-order valence-electron chi connectivity index (χ1n) is 17.1. The van der Waals surface area contributed by atoms with Gasteiger partial charge in [0.2, 0.25) is 0 Å². The van der Waals surface area contributed by atoms with Crippen molar-refractivity contribution in [1.82, 2.24) is 9.13 Å². The zero-order chi connectivity index (χ0) is 43.5. The third-order valence-electron chi connectivity index (χ3n) is 10.1. The number of alkyl halides is 15. The number of rotatable bonds is 3. The number of benzene rings is 6. The molecule has 0 radical (unpaired) electrons. The van der Waals surface area contributed by atoms with E-state index in [0.717, 1.165) is 34.9 Å². The van der Waals surface area contributed by atoms with Crippen LogP contribution in [0.15, 0.2) is 109 Å². The van der Waals surface area contributed by atoms with E-state index in [2.05, 4.69) is 0 Å². The first-order chi connectivity index (χ1) is 27.9. The van der Waals surface area contributed by atoms with E-state index in [9.17, 15) is 71.1 Å². The summed E-state index contributed by atoms with van der Waals surface area (Å²) in [5, 5.41) is 8.48. The molecule has 306 valence electrons. The van der Waals surface area contributed by atoms with E-state index in [0.29, 0.717) is 60.7 Å². The Balaban J connectivity index is 1.51. The first kappa shape index (κ1) is 40.2. The summed E-state index contributed by atoms with van der Waals surface area (Å²) in [7, 11) is 0. The molecule has 0 amide bonds. The van der Waals surface area contributed by atoms with E-state index in [4.69, 9.17) is 0 Å². The summed E-state index contributed by atoms with van der Waals surface area (Å²) >= 11 is 0. The van der Waals surface area contributed by atoms with Crippen LogP contribution >= 0.6 is 0 Å². The number of hydrogen-bond acceptors (Lipinski definition) is 1. The molecule has 0 atom stereocenters. The Bertz CT molecular complexity index is 2950. The molecule has 0 N–H and O–H groups in total. The number of fused-ring (bicyclic) bond motifs is 6. The largest absolute Gasteiger partial charge is 0.416 e. The minimum absolute atomic E-state index is 0.0889. The predicted octanol–water partition coefficient (Wildman–Crippen LogP) is 14.5. The highest BCUT2D eigenvalue weighted by Gasteiger charge is 2.37. The molecule has 0 unspecified atom stereocenters.